The molecule has 1 rings (SSSR count). The van der Waals surface area contributed by atoms with Gasteiger partial charge in [-0.2, -0.15) is 0 Å². The van der Waals surface area contributed by atoms with Gasteiger partial charge in [0, 0.05) is 18.7 Å². The molecule has 0 aromatic heterocycles. The van der Waals surface area contributed by atoms with Gasteiger partial charge in [-0.25, -0.2) is 0 Å². The van der Waals surface area contributed by atoms with Crippen LogP contribution in [0.3, 0.4) is 0 Å². The fourth-order valence-electron chi connectivity index (χ4n) is 2.58. The van der Waals surface area contributed by atoms with Gasteiger partial charge in [0.25, 0.3) is 0 Å². The Hall–Kier alpha value is -0.0800. The molecule has 1 fully saturated rings. The molecular weight excluding hydrogens is 186 g/mol. The Morgan fingerprint density at radius 2 is 1.87 bits per heavy atom. The standard InChI is InChI=1S/C13H27NO/c1-12(2,3)10-13(4,5)14-9-11-7-6-8-15-11/h11,14H,6-10H2,1-5H3/t11-/m1/s1. The van der Waals surface area contributed by atoms with Crippen LogP contribution >= 0.6 is 0 Å². The summed E-state index contributed by atoms with van der Waals surface area (Å²) in [7, 11) is 0. The van der Waals surface area contributed by atoms with E-state index in [9.17, 15) is 0 Å². The van der Waals surface area contributed by atoms with Crippen LogP contribution in [0.5, 0.6) is 0 Å². The maximum atomic E-state index is 5.62. The lowest BCUT2D eigenvalue weighted by Gasteiger charge is -2.34. The molecule has 2 heteroatoms. The van der Waals surface area contributed by atoms with Crippen molar-refractivity contribution in [1.82, 2.24) is 5.32 Å². The minimum Gasteiger partial charge on any atom is -0.377 e. The fraction of sp³-hybridized carbons (Fsp3) is 1.00. The molecule has 1 N–H and O–H groups in total. The molecule has 0 aliphatic carbocycles. The highest BCUT2D eigenvalue weighted by Gasteiger charge is 2.26. The molecule has 2 nitrogen and oxygen atoms in total. The van der Waals surface area contributed by atoms with Crippen molar-refractivity contribution < 1.29 is 4.74 Å². The summed E-state index contributed by atoms with van der Waals surface area (Å²) in [4.78, 5) is 0. The van der Waals surface area contributed by atoms with E-state index in [0.29, 0.717) is 11.5 Å². The summed E-state index contributed by atoms with van der Waals surface area (Å²) in [5.74, 6) is 0. The summed E-state index contributed by atoms with van der Waals surface area (Å²) in [5, 5.41) is 3.63. The first-order valence-electron chi connectivity index (χ1n) is 6.15. The van der Waals surface area contributed by atoms with Crippen LogP contribution < -0.4 is 5.32 Å². The van der Waals surface area contributed by atoms with Gasteiger partial charge in [-0.3, -0.25) is 0 Å². The molecule has 1 atom stereocenters. The van der Waals surface area contributed by atoms with Crippen molar-refractivity contribution in [2.75, 3.05) is 13.2 Å². The van der Waals surface area contributed by atoms with Gasteiger partial charge < -0.3 is 10.1 Å². The molecule has 0 bridgehead atoms. The quantitative estimate of drug-likeness (QED) is 0.775. The molecule has 15 heavy (non-hydrogen) atoms. The number of hydrogen-bond acceptors (Lipinski definition) is 2. The van der Waals surface area contributed by atoms with E-state index in [1.54, 1.807) is 0 Å². The molecule has 0 aromatic rings. The molecule has 0 unspecified atom stereocenters. The zero-order chi connectivity index (χ0) is 11.5. The zero-order valence-electron chi connectivity index (χ0n) is 11.0. The van der Waals surface area contributed by atoms with E-state index in [-0.39, 0.29) is 5.54 Å². The van der Waals surface area contributed by atoms with Crippen LogP contribution in [0.1, 0.15) is 53.9 Å². The highest BCUT2D eigenvalue weighted by atomic mass is 16.5. The van der Waals surface area contributed by atoms with Crippen LogP contribution in [0.25, 0.3) is 0 Å². The zero-order valence-corrected chi connectivity index (χ0v) is 11.0. The Balaban J connectivity index is 2.28. The first kappa shape index (κ1) is 13.0. The van der Waals surface area contributed by atoms with E-state index >= 15 is 0 Å². The van der Waals surface area contributed by atoms with Gasteiger partial charge in [0.1, 0.15) is 0 Å². The molecule has 1 heterocycles. The lowest BCUT2D eigenvalue weighted by molar-refractivity contribution is 0.0984. The van der Waals surface area contributed by atoms with Crippen molar-refractivity contribution in [3.05, 3.63) is 0 Å². The fourth-order valence-corrected chi connectivity index (χ4v) is 2.58. The average Bonchev–Trinajstić information content (AvgIpc) is 2.47. The Kier molecular flexibility index (Phi) is 4.19. The van der Waals surface area contributed by atoms with Gasteiger partial charge in [0.05, 0.1) is 6.10 Å². The van der Waals surface area contributed by atoms with Crippen molar-refractivity contribution >= 4 is 0 Å². The SMILES string of the molecule is CC(C)(C)CC(C)(C)NC[C@H]1CCCO1. The summed E-state index contributed by atoms with van der Waals surface area (Å²) < 4.78 is 5.62. The smallest absolute Gasteiger partial charge is 0.0700 e. The molecule has 1 saturated heterocycles. The first-order valence-corrected chi connectivity index (χ1v) is 6.15. The number of hydrogen-bond donors (Lipinski definition) is 1. The van der Waals surface area contributed by atoms with Gasteiger partial charge in [0.15, 0.2) is 0 Å². The molecule has 0 amide bonds. The normalized spacial score (nSPS) is 23.4. The summed E-state index contributed by atoms with van der Waals surface area (Å²) in [6.07, 6.45) is 4.08. The Labute approximate surface area is 94.8 Å². The van der Waals surface area contributed by atoms with E-state index in [2.05, 4.69) is 39.9 Å². The second-order valence-corrected chi connectivity index (χ2v) is 6.64. The van der Waals surface area contributed by atoms with Crippen LogP contribution in [-0.2, 0) is 4.74 Å². The highest BCUT2D eigenvalue weighted by molar-refractivity contribution is 4.84. The van der Waals surface area contributed by atoms with E-state index in [1.807, 2.05) is 0 Å². The summed E-state index contributed by atoms with van der Waals surface area (Å²) in [6, 6.07) is 0. The van der Waals surface area contributed by atoms with Crippen molar-refractivity contribution in [2.45, 2.75) is 65.5 Å². The van der Waals surface area contributed by atoms with Gasteiger partial charge in [-0.15, -0.1) is 0 Å². The molecule has 0 aromatic carbocycles. The van der Waals surface area contributed by atoms with Crippen molar-refractivity contribution in [2.24, 2.45) is 5.41 Å². The monoisotopic (exact) mass is 213 g/mol. The summed E-state index contributed by atoms with van der Waals surface area (Å²) >= 11 is 0. The molecule has 0 saturated carbocycles. The van der Waals surface area contributed by atoms with E-state index in [0.717, 1.165) is 13.2 Å². The lowest BCUT2D eigenvalue weighted by Crippen LogP contribution is -2.45. The lowest BCUT2D eigenvalue weighted by atomic mass is 9.82. The van der Waals surface area contributed by atoms with E-state index in [4.69, 9.17) is 4.74 Å². The predicted molar refractivity (Wildman–Crippen MR) is 65.1 cm³/mol. The van der Waals surface area contributed by atoms with Crippen molar-refractivity contribution in [3.63, 3.8) is 0 Å². The second-order valence-electron chi connectivity index (χ2n) is 6.64. The van der Waals surface area contributed by atoms with Crippen LogP contribution in [0, 0.1) is 5.41 Å². The Morgan fingerprint density at radius 3 is 2.33 bits per heavy atom. The predicted octanol–water partition coefficient (Wildman–Crippen LogP) is 2.97. The largest absolute Gasteiger partial charge is 0.377 e. The van der Waals surface area contributed by atoms with Crippen molar-refractivity contribution in [3.8, 4) is 0 Å². The van der Waals surface area contributed by atoms with Crippen LogP contribution in [-0.4, -0.2) is 24.8 Å². The third kappa shape index (κ3) is 5.53. The van der Waals surface area contributed by atoms with E-state index in [1.165, 1.54) is 19.3 Å². The van der Waals surface area contributed by atoms with E-state index < -0.39 is 0 Å². The van der Waals surface area contributed by atoms with Gasteiger partial charge in [-0.1, -0.05) is 20.8 Å². The number of ether oxygens (including phenoxy) is 1. The third-order valence-electron chi connectivity index (χ3n) is 2.80. The number of nitrogens with one attached hydrogen (secondary N) is 1. The average molecular weight is 213 g/mol. The van der Waals surface area contributed by atoms with Crippen LogP contribution in [0.15, 0.2) is 0 Å². The van der Waals surface area contributed by atoms with Gasteiger partial charge >= 0.3 is 0 Å². The minimum absolute atomic E-state index is 0.212. The Morgan fingerprint density at radius 1 is 1.20 bits per heavy atom. The first-order chi connectivity index (χ1) is 6.79. The topological polar surface area (TPSA) is 21.3 Å². The Bertz CT molecular complexity index is 187. The minimum atomic E-state index is 0.212. The molecular formula is C13H27NO. The van der Waals surface area contributed by atoms with Crippen molar-refractivity contribution in [1.29, 1.82) is 0 Å². The molecule has 1 aliphatic heterocycles. The molecule has 1 aliphatic rings. The maximum Gasteiger partial charge on any atom is 0.0700 e. The molecule has 0 radical (unpaired) electrons. The maximum absolute atomic E-state index is 5.62. The molecule has 90 valence electrons. The van der Waals surface area contributed by atoms with Gasteiger partial charge in [0.2, 0.25) is 0 Å². The summed E-state index contributed by atoms with van der Waals surface area (Å²) in [6.45, 7) is 13.4. The molecule has 0 spiro atoms. The highest BCUT2D eigenvalue weighted by Crippen LogP contribution is 2.27. The summed E-state index contributed by atoms with van der Waals surface area (Å²) in [5.41, 5.74) is 0.594. The van der Waals surface area contributed by atoms with Crippen LogP contribution in [0.4, 0.5) is 0 Å². The van der Waals surface area contributed by atoms with Gasteiger partial charge in [-0.05, 0) is 38.5 Å². The number of rotatable bonds is 4. The third-order valence-corrected chi connectivity index (χ3v) is 2.80. The second kappa shape index (κ2) is 4.84. The van der Waals surface area contributed by atoms with Crippen LogP contribution in [0.2, 0.25) is 0 Å².